The Bertz CT molecular complexity index is 989. The lowest BCUT2D eigenvalue weighted by Gasteiger charge is -2.25. The summed E-state index contributed by atoms with van der Waals surface area (Å²) in [5, 5.41) is 5.54. The Morgan fingerprint density at radius 2 is 1.76 bits per heavy atom. The van der Waals surface area contributed by atoms with Crippen molar-refractivity contribution >= 4 is 17.5 Å². The summed E-state index contributed by atoms with van der Waals surface area (Å²) < 4.78 is 45.8. The van der Waals surface area contributed by atoms with Crippen molar-refractivity contribution < 1.29 is 27.5 Å². The number of halogens is 3. The fourth-order valence-corrected chi connectivity index (χ4v) is 3.78. The maximum Gasteiger partial charge on any atom is 0.419 e. The highest BCUT2D eigenvalue weighted by atomic mass is 19.4. The van der Waals surface area contributed by atoms with Crippen LogP contribution in [-0.2, 0) is 11.0 Å². The number of amides is 2. The first-order valence-corrected chi connectivity index (χ1v) is 11.6. The maximum atomic E-state index is 13.4. The van der Waals surface area contributed by atoms with Crippen LogP contribution in [0.1, 0.15) is 54.9 Å². The van der Waals surface area contributed by atoms with Crippen molar-refractivity contribution in [2.24, 2.45) is 0 Å². The van der Waals surface area contributed by atoms with Crippen LogP contribution in [0, 0.1) is 0 Å². The molecule has 0 bridgehead atoms. The molecule has 0 unspecified atom stereocenters. The van der Waals surface area contributed by atoms with Crippen molar-refractivity contribution in [2.45, 2.75) is 45.2 Å². The summed E-state index contributed by atoms with van der Waals surface area (Å²) in [6.07, 6.45) is 0.290. The van der Waals surface area contributed by atoms with Gasteiger partial charge in [0.1, 0.15) is 11.5 Å². The van der Waals surface area contributed by atoms with Gasteiger partial charge >= 0.3 is 6.18 Å². The summed E-state index contributed by atoms with van der Waals surface area (Å²) in [7, 11) is 0. The number of nitrogens with one attached hydrogen (secondary N) is 2. The molecular formula is C25H30F3N3O3. The monoisotopic (exact) mass is 477 g/mol. The van der Waals surface area contributed by atoms with Crippen LogP contribution in [0.3, 0.4) is 0 Å². The Balaban J connectivity index is 1.83. The van der Waals surface area contributed by atoms with Gasteiger partial charge in [-0.05, 0) is 62.7 Å². The zero-order valence-corrected chi connectivity index (χ0v) is 19.2. The van der Waals surface area contributed by atoms with E-state index in [1.165, 1.54) is 36.4 Å². The van der Waals surface area contributed by atoms with Gasteiger partial charge in [-0.3, -0.25) is 14.5 Å². The topological polar surface area (TPSA) is 70.7 Å². The average molecular weight is 478 g/mol. The zero-order valence-electron chi connectivity index (χ0n) is 19.2. The molecule has 2 amide bonds. The summed E-state index contributed by atoms with van der Waals surface area (Å²) in [5.74, 6) is -1.13. The van der Waals surface area contributed by atoms with Crippen LogP contribution in [0.25, 0.3) is 0 Å². The standard InChI is InChI=1S/C25H30F3N3O3/c1-2-3-13-29-24(33)19-16-18(30-23(32)17-31-14-7-4-8-15-31)11-12-21(19)34-22-10-6-5-9-20(22)25(26,27)28/h5-6,9-12,16H,2-4,7-8,13-15,17H2,1H3,(H,29,33)(H,30,32). The quantitative estimate of drug-likeness (QED) is 0.471. The van der Waals surface area contributed by atoms with E-state index in [1.54, 1.807) is 0 Å². The third kappa shape index (κ3) is 7.21. The smallest absolute Gasteiger partial charge is 0.419 e. The van der Waals surface area contributed by atoms with Crippen molar-refractivity contribution in [3.63, 3.8) is 0 Å². The molecule has 184 valence electrons. The highest BCUT2D eigenvalue weighted by Crippen LogP contribution is 2.39. The fraction of sp³-hybridized carbons (Fsp3) is 0.440. The number of para-hydroxylation sites is 1. The third-order valence-electron chi connectivity index (χ3n) is 5.55. The van der Waals surface area contributed by atoms with E-state index in [1.807, 2.05) is 6.92 Å². The molecule has 0 aromatic heterocycles. The van der Waals surface area contributed by atoms with Gasteiger partial charge < -0.3 is 15.4 Å². The molecule has 2 aromatic rings. The number of unbranched alkanes of at least 4 members (excludes halogenated alkanes) is 1. The number of nitrogens with zero attached hydrogens (tertiary/aromatic N) is 1. The number of anilines is 1. The van der Waals surface area contributed by atoms with E-state index in [0.29, 0.717) is 12.2 Å². The molecule has 0 radical (unpaired) electrons. The van der Waals surface area contributed by atoms with Gasteiger partial charge in [-0.2, -0.15) is 13.2 Å². The van der Waals surface area contributed by atoms with Gasteiger partial charge in [0.15, 0.2) is 0 Å². The van der Waals surface area contributed by atoms with E-state index < -0.39 is 23.4 Å². The van der Waals surface area contributed by atoms with Gasteiger partial charge in [0, 0.05) is 12.2 Å². The Labute approximate surface area is 197 Å². The lowest BCUT2D eigenvalue weighted by atomic mass is 10.1. The lowest BCUT2D eigenvalue weighted by Crippen LogP contribution is -2.36. The number of likely N-dealkylation sites (tertiary alicyclic amines) is 1. The van der Waals surface area contributed by atoms with Crippen LogP contribution >= 0.6 is 0 Å². The van der Waals surface area contributed by atoms with E-state index in [2.05, 4.69) is 15.5 Å². The summed E-state index contributed by atoms with van der Waals surface area (Å²) >= 11 is 0. The Hall–Kier alpha value is -3.07. The van der Waals surface area contributed by atoms with Crippen molar-refractivity contribution in [1.29, 1.82) is 0 Å². The second-order valence-electron chi connectivity index (χ2n) is 8.30. The molecular weight excluding hydrogens is 447 g/mol. The SMILES string of the molecule is CCCCNC(=O)c1cc(NC(=O)CN2CCCCC2)ccc1Oc1ccccc1C(F)(F)F. The number of hydrogen-bond donors (Lipinski definition) is 2. The highest BCUT2D eigenvalue weighted by Gasteiger charge is 2.34. The molecule has 1 aliphatic heterocycles. The number of alkyl halides is 3. The third-order valence-corrected chi connectivity index (χ3v) is 5.55. The van der Waals surface area contributed by atoms with Crippen molar-refractivity contribution in [2.75, 3.05) is 31.5 Å². The number of carbonyl (C=O) groups is 2. The van der Waals surface area contributed by atoms with Crippen LogP contribution in [0.15, 0.2) is 42.5 Å². The molecule has 1 heterocycles. The molecule has 9 heteroatoms. The predicted octanol–water partition coefficient (Wildman–Crippen LogP) is 5.45. The van der Waals surface area contributed by atoms with Crippen LogP contribution in [-0.4, -0.2) is 42.9 Å². The van der Waals surface area contributed by atoms with Gasteiger partial charge in [-0.1, -0.05) is 31.9 Å². The molecule has 34 heavy (non-hydrogen) atoms. The van der Waals surface area contributed by atoms with Crippen LogP contribution in [0.5, 0.6) is 11.5 Å². The number of ether oxygens (including phenoxy) is 1. The second-order valence-corrected chi connectivity index (χ2v) is 8.30. The Morgan fingerprint density at radius 3 is 2.47 bits per heavy atom. The van der Waals surface area contributed by atoms with Gasteiger partial charge in [-0.25, -0.2) is 0 Å². The number of carbonyl (C=O) groups excluding carboxylic acids is 2. The predicted molar refractivity (Wildman–Crippen MR) is 124 cm³/mol. The van der Waals surface area contributed by atoms with Gasteiger partial charge in [0.25, 0.3) is 5.91 Å². The van der Waals surface area contributed by atoms with Crippen molar-refractivity contribution in [3.05, 3.63) is 53.6 Å². The molecule has 0 spiro atoms. The second kappa shape index (κ2) is 11.9. The summed E-state index contributed by atoms with van der Waals surface area (Å²) in [5.41, 5.74) is -0.519. The van der Waals surface area contributed by atoms with Gasteiger partial charge in [0.05, 0.1) is 17.7 Å². The molecule has 1 saturated heterocycles. The first-order valence-electron chi connectivity index (χ1n) is 11.6. The van der Waals surface area contributed by atoms with Gasteiger partial charge in [0.2, 0.25) is 5.91 Å². The van der Waals surface area contributed by atoms with Crippen LogP contribution in [0.4, 0.5) is 18.9 Å². The molecule has 6 nitrogen and oxygen atoms in total. The molecule has 1 aliphatic rings. The Kier molecular flexibility index (Phi) is 8.92. The maximum absolute atomic E-state index is 13.4. The van der Waals surface area contributed by atoms with E-state index in [0.717, 1.165) is 51.3 Å². The molecule has 2 aromatic carbocycles. The van der Waals surface area contributed by atoms with Crippen LogP contribution < -0.4 is 15.4 Å². The van der Waals surface area contributed by atoms with E-state index in [9.17, 15) is 22.8 Å². The van der Waals surface area contributed by atoms with Gasteiger partial charge in [-0.15, -0.1) is 0 Å². The lowest BCUT2D eigenvalue weighted by molar-refractivity contribution is -0.138. The largest absolute Gasteiger partial charge is 0.456 e. The summed E-state index contributed by atoms with van der Waals surface area (Å²) in [4.78, 5) is 27.4. The number of hydrogen-bond acceptors (Lipinski definition) is 4. The van der Waals surface area contributed by atoms with E-state index >= 15 is 0 Å². The van der Waals surface area contributed by atoms with Crippen LogP contribution in [0.2, 0.25) is 0 Å². The fourth-order valence-electron chi connectivity index (χ4n) is 3.78. The number of rotatable bonds is 9. The molecule has 0 atom stereocenters. The summed E-state index contributed by atoms with van der Waals surface area (Å²) in [6, 6.07) is 9.18. The van der Waals surface area contributed by atoms with Crippen molar-refractivity contribution in [1.82, 2.24) is 10.2 Å². The summed E-state index contributed by atoms with van der Waals surface area (Å²) in [6.45, 7) is 4.37. The normalized spacial score (nSPS) is 14.5. The first-order chi connectivity index (χ1) is 16.3. The Morgan fingerprint density at radius 1 is 1.03 bits per heavy atom. The molecule has 1 fully saturated rings. The molecule has 3 rings (SSSR count). The minimum atomic E-state index is -4.61. The van der Waals surface area contributed by atoms with Crippen molar-refractivity contribution in [3.8, 4) is 11.5 Å². The minimum absolute atomic E-state index is 0.0280. The van der Waals surface area contributed by atoms with E-state index in [4.69, 9.17) is 4.74 Å². The van der Waals surface area contributed by atoms with E-state index in [-0.39, 0.29) is 23.8 Å². The zero-order chi connectivity index (χ0) is 24.6. The highest BCUT2D eigenvalue weighted by molar-refractivity contribution is 5.99. The number of benzene rings is 2. The molecule has 0 saturated carbocycles. The number of piperidine rings is 1. The minimum Gasteiger partial charge on any atom is -0.456 e. The average Bonchev–Trinajstić information content (AvgIpc) is 2.80. The molecule has 0 aliphatic carbocycles. The first kappa shape index (κ1) is 25.6. The molecule has 2 N–H and O–H groups in total.